The number of carboxylic acids is 1. The van der Waals surface area contributed by atoms with Crippen molar-refractivity contribution in [3.05, 3.63) is 12.2 Å². The van der Waals surface area contributed by atoms with Crippen LogP contribution in [0.4, 0.5) is 0 Å². The fraction of sp³-hybridized carbons (Fsp3) is 0.625. The summed E-state index contributed by atoms with van der Waals surface area (Å²) in [7, 11) is -2.18. The van der Waals surface area contributed by atoms with E-state index in [-0.39, 0.29) is 12.2 Å². The number of aromatic nitrogens is 3. The normalized spacial score (nSPS) is 13.6. The van der Waals surface area contributed by atoms with E-state index in [0.717, 1.165) is 0 Å². The number of carboxylic acid groups (broad SMARTS) is 1. The van der Waals surface area contributed by atoms with Crippen LogP contribution in [0.3, 0.4) is 0 Å². The second-order valence-electron chi connectivity index (χ2n) is 3.34. The molecule has 90 valence electrons. The molecule has 0 saturated heterocycles. The van der Waals surface area contributed by atoms with Gasteiger partial charge in [0.25, 0.3) is 0 Å². The Bertz CT molecular complexity index is 479. The topological polar surface area (TPSA) is 102 Å². The second-order valence-corrected chi connectivity index (χ2v) is 5.53. The van der Waals surface area contributed by atoms with E-state index >= 15 is 0 Å². The number of nitrogens with zero attached hydrogens (tertiary/aromatic N) is 3. The predicted molar refractivity (Wildman–Crippen MR) is 55.3 cm³/mol. The highest BCUT2D eigenvalue weighted by atomic mass is 32.2. The van der Waals surface area contributed by atoms with E-state index in [1.807, 2.05) is 0 Å². The monoisotopic (exact) mass is 247 g/mol. The Hall–Kier alpha value is -1.44. The van der Waals surface area contributed by atoms with E-state index in [1.165, 1.54) is 17.9 Å². The first kappa shape index (κ1) is 12.6. The van der Waals surface area contributed by atoms with Gasteiger partial charge in [0, 0.05) is 7.05 Å². The van der Waals surface area contributed by atoms with Crippen LogP contribution in [0.2, 0.25) is 0 Å². The van der Waals surface area contributed by atoms with Gasteiger partial charge in [0.05, 0.1) is 0 Å². The van der Waals surface area contributed by atoms with Crippen molar-refractivity contribution in [2.45, 2.75) is 24.3 Å². The molecule has 0 bridgehead atoms. The van der Waals surface area contributed by atoms with Gasteiger partial charge in [-0.05, 0) is 6.42 Å². The SMILES string of the molecule is CCC(C(=O)O)S(=O)(=O)Cc1ncnn1C. The minimum absolute atomic E-state index is 0.0372. The van der Waals surface area contributed by atoms with Gasteiger partial charge in [-0.3, -0.25) is 9.48 Å². The predicted octanol–water partition coefficient (Wildman–Crippen LogP) is -0.407. The number of sulfone groups is 1. The summed E-state index contributed by atoms with van der Waals surface area (Å²) in [6.45, 7) is 1.52. The van der Waals surface area contributed by atoms with Crippen molar-refractivity contribution in [1.29, 1.82) is 0 Å². The maximum atomic E-state index is 11.8. The van der Waals surface area contributed by atoms with Gasteiger partial charge in [0.1, 0.15) is 17.9 Å². The third kappa shape index (κ3) is 2.57. The van der Waals surface area contributed by atoms with Crippen LogP contribution in [0.25, 0.3) is 0 Å². The molecule has 1 N–H and O–H groups in total. The van der Waals surface area contributed by atoms with E-state index in [1.54, 1.807) is 7.05 Å². The molecule has 0 spiro atoms. The summed E-state index contributed by atoms with van der Waals surface area (Å²) in [5, 5.41) is 11.1. The van der Waals surface area contributed by atoms with E-state index in [2.05, 4.69) is 10.1 Å². The van der Waals surface area contributed by atoms with Crippen molar-refractivity contribution in [2.75, 3.05) is 0 Å². The zero-order valence-electron chi connectivity index (χ0n) is 8.99. The fourth-order valence-electron chi connectivity index (χ4n) is 1.31. The lowest BCUT2D eigenvalue weighted by molar-refractivity contribution is -0.136. The molecule has 1 aromatic rings. The Morgan fingerprint density at radius 2 is 2.25 bits per heavy atom. The minimum atomic E-state index is -3.74. The fourth-order valence-corrected chi connectivity index (χ4v) is 2.95. The summed E-state index contributed by atoms with van der Waals surface area (Å²) >= 11 is 0. The summed E-state index contributed by atoms with van der Waals surface area (Å²) in [5.74, 6) is -1.50. The van der Waals surface area contributed by atoms with Crippen LogP contribution in [0.15, 0.2) is 6.33 Å². The molecular formula is C8H13N3O4S. The van der Waals surface area contributed by atoms with Crippen molar-refractivity contribution in [1.82, 2.24) is 14.8 Å². The van der Waals surface area contributed by atoms with Crippen LogP contribution in [-0.4, -0.2) is 39.5 Å². The van der Waals surface area contributed by atoms with Crippen LogP contribution in [-0.2, 0) is 27.4 Å². The lowest BCUT2D eigenvalue weighted by Crippen LogP contribution is -2.31. The average molecular weight is 247 g/mol. The highest BCUT2D eigenvalue weighted by molar-refractivity contribution is 7.92. The highest BCUT2D eigenvalue weighted by Crippen LogP contribution is 2.12. The van der Waals surface area contributed by atoms with Crippen LogP contribution in [0.1, 0.15) is 19.2 Å². The Kier molecular flexibility index (Phi) is 3.63. The summed E-state index contributed by atoms with van der Waals surface area (Å²) < 4.78 is 24.8. The molecule has 0 aliphatic carbocycles. The van der Waals surface area contributed by atoms with Crippen molar-refractivity contribution < 1.29 is 18.3 Å². The van der Waals surface area contributed by atoms with Crippen LogP contribution in [0.5, 0.6) is 0 Å². The lowest BCUT2D eigenvalue weighted by Gasteiger charge is -2.10. The molecule has 7 nitrogen and oxygen atoms in total. The molecule has 1 rings (SSSR count). The molecule has 1 heterocycles. The first-order valence-corrected chi connectivity index (χ1v) is 6.37. The summed E-state index contributed by atoms with van der Waals surface area (Å²) in [6, 6.07) is 0. The Balaban J connectivity index is 2.95. The van der Waals surface area contributed by atoms with Gasteiger partial charge in [-0.1, -0.05) is 6.92 Å². The third-order valence-corrected chi connectivity index (χ3v) is 4.28. The quantitative estimate of drug-likeness (QED) is 0.759. The second kappa shape index (κ2) is 4.60. The third-order valence-electron chi connectivity index (χ3n) is 2.22. The Labute approximate surface area is 93.0 Å². The van der Waals surface area contributed by atoms with Crippen LogP contribution >= 0.6 is 0 Å². The molecule has 0 amide bonds. The van der Waals surface area contributed by atoms with Crippen LogP contribution < -0.4 is 0 Å². The molecule has 0 aliphatic heterocycles. The van der Waals surface area contributed by atoms with E-state index in [4.69, 9.17) is 5.11 Å². The summed E-state index contributed by atoms with van der Waals surface area (Å²) in [5.41, 5.74) is 0. The van der Waals surface area contributed by atoms with Crippen molar-refractivity contribution in [3.63, 3.8) is 0 Å². The molecule has 1 atom stereocenters. The van der Waals surface area contributed by atoms with E-state index in [9.17, 15) is 13.2 Å². The van der Waals surface area contributed by atoms with Crippen molar-refractivity contribution in [3.8, 4) is 0 Å². The minimum Gasteiger partial charge on any atom is -0.480 e. The average Bonchev–Trinajstić information content (AvgIpc) is 2.50. The molecule has 8 heteroatoms. The zero-order chi connectivity index (χ0) is 12.3. The smallest absolute Gasteiger partial charge is 0.321 e. The number of aryl methyl sites for hydroxylation is 1. The molecule has 16 heavy (non-hydrogen) atoms. The van der Waals surface area contributed by atoms with Gasteiger partial charge in [-0.2, -0.15) is 5.10 Å². The maximum absolute atomic E-state index is 11.8. The molecule has 1 aromatic heterocycles. The molecule has 0 aliphatic rings. The highest BCUT2D eigenvalue weighted by Gasteiger charge is 2.31. The van der Waals surface area contributed by atoms with Gasteiger partial charge >= 0.3 is 5.97 Å². The largest absolute Gasteiger partial charge is 0.480 e. The van der Waals surface area contributed by atoms with E-state index < -0.39 is 26.8 Å². The standard InChI is InChI=1S/C8H13N3O4S/c1-3-6(8(12)13)16(14,15)4-7-9-5-10-11(7)2/h5-6H,3-4H2,1-2H3,(H,12,13). The number of hydrogen-bond donors (Lipinski definition) is 1. The molecule has 0 saturated carbocycles. The van der Waals surface area contributed by atoms with E-state index in [0.29, 0.717) is 0 Å². The molecular weight excluding hydrogens is 234 g/mol. The Morgan fingerprint density at radius 3 is 2.62 bits per heavy atom. The first-order chi connectivity index (χ1) is 7.38. The molecule has 1 unspecified atom stereocenters. The number of aliphatic carboxylic acids is 1. The lowest BCUT2D eigenvalue weighted by atomic mass is 10.3. The number of rotatable bonds is 5. The van der Waals surface area contributed by atoms with Gasteiger partial charge in [0.2, 0.25) is 0 Å². The Morgan fingerprint density at radius 1 is 1.62 bits per heavy atom. The molecule has 0 radical (unpaired) electrons. The van der Waals surface area contributed by atoms with Crippen LogP contribution in [0, 0.1) is 0 Å². The van der Waals surface area contributed by atoms with Gasteiger partial charge in [0.15, 0.2) is 15.1 Å². The summed E-state index contributed by atoms with van der Waals surface area (Å²) in [6.07, 6.45) is 1.27. The molecule has 0 aromatic carbocycles. The van der Waals surface area contributed by atoms with Gasteiger partial charge in [-0.25, -0.2) is 13.4 Å². The summed E-state index contributed by atoms with van der Waals surface area (Å²) in [4.78, 5) is 14.5. The number of carbonyl (C=O) groups is 1. The molecule has 0 fully saturated rings. The van der Waals surface area contributed by atoms with Gasteiger partial charge < -0.3 is 5.11 Å². The zero-order valence-corrected chi connectivity index (χ0v) is 9.81. The first-order valence-electron chi connectivity index (χ1n) is 4.65. The number of hydrogen-bond acceptors (Lipinski definition) is 5. The van der Waals surface area contributed by atoms with Crippen molar-refractivity contribution in [2.24, 2.45) is 7.05 Å². The van der Waals surface area contributed by atoms with Gasteiger partial charge in [-0.15, -0.1) is 0 Å². The van der Waals surface area contributed by atoms with Crippen molar-refractivity contribution >= 4 is 15.8 Å². The maximum Gasteiger partial charge on any atom is 0.321 e.